The van der Waals surface area contributed by atoms with Gasteiger partial charge in [0.2, 0.25) is 0 Å². The van der Waals surface area contributed by atoms with Crippen molar-refractivity contribution in [3.8, 4) is 0 Å². The molecule has 6 nitrogen and oxygen atoms in total. The molecule has 1 atom stereocenters. The molecule has 0 heterocycles. The van der Waals surface area contributed by atoms with Gasteiger partial charge < -0.3 is 10.2 Å². The minimum atomic E-state index is -0.973. The van der Waals surface area contributed by atoms with Crippen molar-refractivity contribution in [3.63, 3.8) is 0 Å². The Morgan fingerprint density at radius 3 is 2.52 bits per heavy atom. The summed E-state index contributed by atoms with van der Waals surface area (Å²) in [6.07, 6.45) is 0. The van der Waals surface area contributed by atoms with Crippen LogP contribution in [0.3, 0.4) is 0 Å². The van der Waals surface area contributed by atoms with E-state index in [0.717, 1.165) is 12.1 Å². The van der Waals surface area contributed by atoms with Crippen LogP contribution in [-0.4, -0.2) is 36.4 Å². The van der Waals surface area contributed by atoms with E-state index in [-0.39, 0.29) is 18.2 Å². The Kier molecular flexibility index (Phi) is 5.76. The van der Waals surface area contributed by atoms with Crippen molar-refractivity contribution < 1.29 is 18.5 Å². The zero-order valence-electron chi connectivity index (χ0n) is 13.7. The first-order valence-electron chi connectivity index (χ1n) is 7.43. The van der Waals surface area contributed by atoms with E-state index in [4.69, 9.17) is 0 Å². The van der Waals surface area contributed by atoms with Gasteiger partial charge in [-0.25, -0.2) is 8.78 Å². The van der Waals surface area contributed by atoms with Gasteiger partial charge in [-0.2, -0.15) is 0 Å². The minimum absolute atomic E-state index is 0.117. The number of carbonyl (C=O) groups is 1. The lowest BCUT2D eigenvalue weighted by atomic mass is 10.1. The molecule has 0 fully saturated rings. The monoisotopic (exact) mass is 349 g/mol. The summed E-state index contributed by atoms with van der Waals surface area (Å²) in [5, 5.41) is 13.2. The maximum absolute atomic E-state index is 13.9. The molecule has 0 spiro atoms. The maximum Gasteiger partial charge on any atom is 0.272 e. The molecule has 0 saturated heterocycles. The van der Waals surface area contributed by atoms with Crippen LogP contribution in [0.15, 0.2) is 42.5 Å². The van der Waals surface area contributed by atoms with Crippen molar-refractivity contribution in [3.05, 3.63) is 75.3 Å². The van der Waals surface area contributed by atoms with Crippen molar-refractivity contribution in [1.29, 1.82) is 0 Å². The number of nitro groups is 1. The number of nitro benzene ring substituents is 1. The lowest BCUT2D eigenvalue weighted by Gasteiger charge is -2.25. The summed E-state index contributed by atoms with van der Waals surface area (Å²) in [6.45, 7) is 0.117. The molecule has 2 aromatic rings. The molecule has 0 aromatic heterocycles. The zero-order chi connectivity index (χ0) is 18.6. The van der Waals surface area contributed by atoms with Gasteiger partial charge in [0.05, 0.1) is 22.6 Å². The number of benzene rings is 2. The summed E-state index contributed by atoms with van der Waals surface area (Å²) in [4.78, 5) is 23.8. The number of amides is 1. The molecule has 1 N–H and O–H groups in total. The van der Waals surface area contributed by atoms with E-state index in [2.05, 4.69) is 5.32 Å². The molecule has 0 aliphatic rings. The summed E-state index contributed by atoms with van der Waals surface area (Å²) in [5.41, 5.74) is -0.0585. The average Bonchev–Trinajstić information content (AvgIpc) is 2.54. The molecule has 2 aromatic carbocycles. The highest BCUT2D eigenvalue weighted by Gasteiger charge is 2.19. The van der Waals surface area contributed by atoms with E-state index >= 15 is 0 Å². The average molecular weight is 349 g/mol. The van der Waals surface area contributed by atoms with Crippen molar-refractivity contribution in [2.45, 2.75) is 6.04 Å². The van der Waals surface area contributed by atoms with E-state index in [1.807, 2.05) is 0 Å². The summed E-state index contributed by atoms with van der Waals surface area (Å²) in [6, 6.07) is 8.49. The first-order chi connectivity index (χ1) is 11.8. The Balaban J connectivity index is 2.13. The highest BCUT2D eigenvalue weighted by molar-refractivity contribution is 5.94. The highest BCUT2D eigenvalue weighted by atomic mass is 19.1. The van der Waals surface area contributed by atoms with Gasteiger partial charge in [0.25, 0.3) is 11.6 Å². The van der Waals surface area contributed by atoms with Crippen LogP contribution in [0.1, 0.15) is 22.0 Å². The number of hydrogen-bond acceptors (Lipinski definition) is 4. The normalized spacial score (nSPS) is 12.0. The van der Waals surface area contributed by atoms with E-state index in [0.29, 0.717) is 11.6 Å². The molecule has 0 aliphatic heterocycles. The molecule has 8 heteroatoms. The maximum atomic E-state index is 13.9. The zero-order valence-corrected chi connectivity index (χ0v) is 13.7. The van der Waals surface area contributed by atoms with E-state index in [1.54, 1.807) is 31.1 Å². The molecule has 2 rings (SSSR count). The van der Waals surface area contributed by atoms with Crippen LogP contribution in [0.5, 0.6) is 0 Å². The Hall–Kier alpha value is -2.87. The minimum Gasteiger partial charge on any atom is -0.350 e. The molecule has 0 aliphatic carbocycles. The molecule has 132 valence electrons. The second-order valence-electron chi connectivity index (χ2n) is 5.67. The highest BCUT2D eigenvalue weighted by Crippen LogP contribution is 2.19. The van der Waals surface area contributed by atoms with Crippen LogP contribution in [0.4, 0.5) is 14.5 Å². The fraction of sp³-hybridized carbons (Fsp3) is 0.235. The van der Waals surface area contributed by atoms with Gasteiger partial charge >= 0.3 is 0 Å². The van der Waals surface area contributed by atoms with Crippen molar-refractivity contribution >= 4 is 11.6 Å². The molecule has 0 radical (unpaired) electrons. The van der Waals surface area contributed by atoms with Crippen LogP contribution in [0.2, 0.25) is 0 Å². The number of rotatable bonds is 6. The van der Waals surface area contributed by atoms with E-state index in [9.17, 15) is 23.7 Å². The molecular formula is C17H17F2N3O3. The summed E-state index contributed by atoms with van der Waals surface area (Å²) in [5.74, 6) is -2.06. The predicted molar refractivity (Wildman–Crippen MR) is 88.2 cm³/mol. The van der Waals surface area contributed by atoms with Crippen molar-refractivity contribution in [2.24, 2.45) is 0 Å². The standard InChI is InChI=1S/C17H17F2N3O3/c1-21(2)16(11-4-3-5-12(18)8-11)10-20-17(23)14-7-6-13(22(24)25)9-15(14)19/h3-9,16H,10H2,1-2H3,(H,20,23). The Morgan fingerprint density at radius 1 is 1.24 bits per heavy atom. The molecule has 0 bridgehead atoms. The van der Waals surface area contributed by atoms with E-state index in [1.165, 1.54) is 12.1 Å². The lowest BCUT2D eigenvalue weighted by Crippen LogP contribution is -2.35. The first kappa shape index (κ1) is 18.5. The number of carbonyl (C=O) groups excluding carboxylic acids is 1. The van der Waals surface area contributed by atoms with Crippen LogP contribution in [-0.2, 0) is 0 Å². The predicted octanol–water partition coefficient (Wildman–Crippen LogP) is 2.91. The Bertz CT molecular complexity index is 796. The lowest BCUT2D eigenvalue weighted by molar-refractivity contribution is -0.385. The topological polar surface area (TPSA) is 75.5 Å². The van der Waals surface area contributed by atoms with Gasteiger partial charge in [-0.05, 0) is 37.9 Å². The van der Waals surface area contributed by atoms with Crippen LogP contribution in [0.25, 0.3) is 0 Å². The van der Waals surface area contributed by atoms with Gasteiger partial charge in [0.15, 0.2) is 0 Å². The quantitative estimate of drug-likeness (QED) is 0.643. The molecule has 0 saturated carbocycles. The van der Waals surface area contributed by atoms with Gasteiger partial charge in [-0.1, -0.05) is 12.1 Å². The number of nitrogens with one attached hydrogen (secondary N) is 1. The molecular weight excluding hydrogens is 332 g/mol. The fourth-order valence-corrected chi connectivity index (χ4v) is 2.40. The third-order valence-electron chi connectivity index (χ3n) is 3.72. The molecule has 25 heavy (non-hydrogen) atoms. The van der Waals surface area contributed by atoms with Crippen LogP contribution < -0.4 is 5.32 Å². The summed E-state index contributed by atoms with van der Waals surface area (Å²) >= 11 is 0. The first-order valence-corrected chi connectivity index (χ1v) is 7.43. The second-order valence-corrected chi connectivity index (χ2v) is 5.67. The van der Waals surface area contributed by atoms with Crippen molar-refractivity contribution in [2.75, 3.05) is 20.6 Å². The van der Waals surface area contributed by atoms with Gasteiger partial charge in [-0.3, -0.25) is 14.9 Å². The second kappa shape index (κ2) is 7.80. The SMILES string of the molecule is CN(C)C(CNC(=O)c1ccc([N+](=O)[O-])cc1F)c1cccc(F)c1. The molecule has 1 unspecified atom stereocenters. The Labute approximate surface area is 143 Å². The molecule has 1 amide bonds. The van der Waals surface area contributed by atoms with Crippen LogP contribution in [0, 0.1) is 21.7 Å². The number of halogens is 2. The van der Waals surface area contributed by atoms with Gasteiger partial charge in [0.1, 0.15) is 11.6 Å². The summed E-state index contributed by atoms with van der Waals surface area (Å²) < 4.78 is 27.3. The van der Waals surface area contributed by atoms with Gasteiger partial charge in [-0.15, -0.1) is 0 Å². The fourth-order valence-electron chi connectivity index (χ4n) is 2.40. The van der Waals surface area contributed by atoms with E-state index < -0.39 is 28.2 Å². The summed E-state index contributed by atoms with van der Waals surface area (Å²) in [7, 11) is 3.54. The number of likely N-dealkylation sites (N-methyl/N-ethyl adjacent to an activating group) is 1. The largest absolute Gasteiger partial charge is 0.350 e. The number of non-ortho nitro benzene ring substituents is 1. The smallest absolute Gasteiger partial charge is 0.272 e. The Morgan fingerprint density at radius 2 is 1.96 bits per heavy atom. The third kappa shape index (κ3) is 4.57. The number of nitrogens with zero attached hydrogens (tertiary/aromatic N) is 2. The third-order valence-corrected chi connectivity index (χ3v) is 3.72. The number of hydrogen-bond donors (Lipinski definition) is 1. The van der Waals surface area contributed by atoms with Gasteiger partial charge in [0, 0.05) is 12.6 Å². The van der Waals surface area contributed by atoms with Crippen molar-refractivity contribution in [1.82, 2.24) is 10.2 Å². The van der Waals surface area contributed by atoms with Crippen LogP contribution >= 0.6 is 0 Å².